The van der Waals surface area contributed by atoms with Gasteiger partial charge >= 0.3 is 0 Å². The summed E-state index contributed by atoms with van der Waals surface area (Å²) in [7, 11) is -9.21. The van der Waals surface area contributed by atoms with Crippen LogP contribution in [-0.4, -0.2) is 16.8 Å². The molecule has 0 spiro atoms. The zero-order valence-corrected chi connectivity index (χ0v) is 12.2. The number of benzene rings is 2. The second-order valence-corrected chi connectivity index (χ2v) is 6.98. The minimum atomic E-state index is -4.62. The molecule has 0 aliphatic rings. The monoisotopic (exact) mass is 338 g/mol. The molecule has 0 aliphatic carbocycles. The highest BCUT2D eigenvalue weighted by Crippen LogP contribution is 2.32. The van der Waals surface area contributed by atoms with Gasteiger partial charge < -0.3 is 0 Å². The van der Waals surface area contributed by atoms with Gasteiger partial charge in [0.15, 0.2) is 0 Å². The summed E-state index contributed by atoms with van der Waals surface area (Å²) in [4.78, 5) is 2.89. The van der Waals surface area contributed by atoms with Crippen LogP contribution in [0.15, 0.2) is 55.2 Å². The van der Waals surface area contributed by atoms with E-state index in [9.17, 15) is 16.8 Å². The fourth-order valence-corrected chi connectivity index (χ4v) is 4.24. The maximum atomic E-state index is 12.1. The summed E-state index contributed by atoms with van der Waals surface area (Å²) in [6.07, 6.45) is 0. The summed E-state index contributed by atoms with van der Waals surface area (Å²) in [5.41, 5.74) is 16.7. The van der Waals surface area contributed by atoms with Crippen molar-refractivity contribution in [3.63, 3.8) is 0 Å². The third-order valence-electron chi connectivity index (χ3n) is 2.67. The van der Waals surface area contributed by atoms with Gasteiger partial charge in [-0.15, -0.1) is 0 Å². The minimum absolute atomic E-state index is 0.0316. The Morgan fingerprint density at radius 2 is 1.41 bits per heavy atom. The van der Waals surface area contributed by atoms with Crippen molar-refractivity contribution in [1.29, 1.82) is 0 Å². The van der Waals surface area contributed by atoms with Crippen LogP contribution in [0.3, 0.4) is 0 Å². The standard InChI is InChI=1S/C10H6N6O4S2/c11-13-15-21(17,18)9-6-5-7-3-1-2-4-8(7)10(9)22(19,20)16-14-12/h1-6H. The van der Waals surface area contributed by atoms with Gasteiger partial charge in [-0.05, 0) is 22.5 Å². The second kappa shape index (κ2) is 5.54. The fraction of sp³-hybridized carbons (Fsp3) is 0. The molecule has 0 aliphatic heterocycles. The molecule has 112 valence electrons. The zero-order chi connectivity index (χ0) is 16.4. The lowest BCUT2D eigenvalue weighted by Gasteiger charge is -2.09. The molecule has 10 nitrogen and oxygen atoms in total. The van der Waals surface area contributed by atoms with Crippen LogP contribution in [0.2, 0.25) is 0 Å². The maximum Gasteiger partial charge on any atom is 0.266 e. The molecule has 0 atom stereocenters. The smallest absolute Gasteiger partial charge is 0.216 e. The van der Waals surface area contributed by atoms with E-state index in [1.165, 1.54) is 18.2 Å². The van der Waals surface area contributed by atoms with Gasteiger partial charge in [-0.1, -0.05) is 30.3 Å². The number of nitrogens with zero attached hydrogens (tertiary/aromatic N) is 6. The third-order valence-corrected chi connectivity index (χ3v) is 5.22. The Morgan fingerprint density at radius 1 is 0.818 bits per heavy atom. The summed E-state index contributed by atoms with van der Waals surface area (Å²) in [5.74, 6) is 0. The first-order valence-corrected chi connectivity index (χ1v) is 8.36. The van der Waals surface area contributed by atoms with Crippen LogP contribution in [0, 0.1) is 0 Å². The Balaban J connectivity index is 3.09. The van der Waals surface area contributed by atoms with Gasteiger partial charge in [0, 0.05) is 24.2 Å². The van der Waals surface area contributed by atoms with E-state index in [0.717, 1.165) is 6.07 Å². The van der Waals surface area contributed by atoms with Crippen molar-refractivity contribution in [1.82, 2.24) is 0 Å². The first-order valence-electron chi connectivity index (χ1n) is 5.48. The molecule has 0 saturated heterocycles. The van der Waals surface area contributed by atoms with Gasteiger partial charge in [0.2, 0.25) is 0 Å². The molecule has 0 radical (unpaired) electrons. The van der Waals surface area contributed by atoms with Crippen molar-refractivity contribution in [3.8, 4) is 0 Å². The Bertz CT molecular complexity index is 1060. The highest BCUT2D eigenvalue weighted by atomic mass is 32.2. The normalized spacial score (nSPS) is 11.5. The third kappa shape index (κ3) is 2.67. The number of hydrogen-bond donors (Lipinski definition) is 0. The maximum absolute atomic E-state index is 12.1. The van der Waals surface area contributed by atoms with Crippen LogP contribution in [0.5, 0.6) is 0 Å². The van der Waals surface area contributed by atoms with E-state index in [2.05, 4.69) is 18.9 Å². The van der Waals surface area contributed by atoms with E-state index in [1.807, 2.05) is 0 Å². The highest BCUT2D eigenvalue weighted by Gasteiger charge is 2.27. The number of sulfonamides is 2. The Kier molecular flexibility index (Phi) is 3.93. The molecule has 2 rings (SSSR count). The topological polar surface area (TPSA) is 166 Å². The first kappa shape index (κ1) is 15.6. The molecule has 2 aromatic carbocycles. The van der Waals surface area contributed by atoms with E-state index >= 15 is 0 Å². The molecule has 0 fully saturated rings. The molecule has 0 N–H and O–H groups in total. The summed E-state index contributed by atoms with van der Waals surface area (Å²) < 4.78 is 53.3. The van der Waals surface area contributed by atoms with Crippen molar-refractivity contribution < 1.29 is 16.8 Å². The summed E-state index contributed by atoms with van der Waals surface area (Å²) in [5, 5.41) is 0.443. The molecular formula is C10H6N6O4S2. The highest BCUT2D eigenvalue weighted by molar-refractivity contribution is 7.93. The van der Waals surface area contributed by atoms with Gasteiger partial charge in [-0.25, -0.2) is 16.8 Å². The van der Waals surface area contributed by atoms with Gasteiger partial charge in [0.05, 0.1) is 4.90 Å². The van der Waals surface area contributed by atoms with Gasteiger partial charge in [-0.2, -0.15) is 0 Å². The average molecular weight is 338 g/mol. The Labute approximate surface area is 124 Å². The lowest BCUT2D eigenvalue weighted by atomic mass is 10.1. The molecule has 0 bridgehead atoms. The lowest BCUT2D eigenvalue weighted by molar-refractivity contribution is 0.585. The number of rotatable bonds is 4. The largest absolute Gasteiger partial charge is 0.266 e. The predicted octanol–water partition coefficient (Wildman–Crippen LogP) is 2.84. The molecule has 22 heavy (non-hydrogen) atoms. The summed E-state index contributed by atoms with van der Waals surface area (Å²) >= 11 is 0. The van der Waals surface area contributed by atoms with E-state index in [0.29, 0.717) is 5.39 Å². The SMILES string of the molecule is [N-]=[N+]=NS(=O)(=O)c1ccc2ccccc2c1S(=O)(=O)N=[N+]=[N-]. The molecule has 0 saturated carbocycles. The molecule has 0 aromatic heterocycles. The van der Waals surface area contributed by atoms with Crippen molar-refractivity contribution in [3.05, 3.63) is 57.3 Å². The van der Waals surface area contributed by atoms with Crippen molar-refractivity contribution in [2.45, 2.75) is 9.79 Å². The van der Waals surface area contributed by atoms with Crippen molar-refractivity contribution >= 4 is 30.8 Å². The second-order valence-electron chi connectivity index (χ2n) is 3.91. The minimum Gasteiger partial charge on any atom is -0.216 e. The van der Waals surface area contributed by atoms with E-state index in [-0.39, 0.29) is 5.39 Å². The number of fused-ring (bicyclic) bond motifs is 1. The van der Waals surface area contributed by atoms with Crippen molar-refractivity contribution in [2.24, 2.45) is 9.04 Å². The molecule has 0 unspecified atom stereocenters. The number of hydrogen-bond acceptors (Lipinski definition) is 4. The zero-order valence-electron chi connectivity index (χ0n) is 10.6. The fourth-order valence-electron chi connectivity index (χ4n) is 1.87. The molecule has 0 amide bonds. The first-order chi connectivity index (χ1) is 10.3. The Morgan fingerprint density at radius 3 is 2.05 bits per heavy atom. The van der Waals surface area contributed by atoms with Crippen LogP contribution in [0.25, 0.3) is 31.7 Å². The van der Waals surface area contributed by atoms with Crippen molar-refractivity contribution in [2.75, 3.05) is 0 Å². The van der Waals surface area contributed by atoms with Gasteiger partial charge in [0.25, 0.3) is 20.0 Å². The van der Waals surface area contributed by atoms with Crippen LogP contribution in [0.1, 0.15) is 0 Å². The predicted molar refractivity (Wildman–Crippen MR) is 76.6 cm³/mol. The van der Waals surface area contributed by atoms with Crippen LogP contribution in [-0.2, 0) is 20.0 Å². The van der Waals surface area contributed by atoms with Gasteiger partial charge in [0.1, 0.15) is 4.90 Å². The van der Waals surface area contributed by atoms with E-state index in [1.54, 1.807) is 12.1 Å². The molecule has 2 aromatic rings. The number of azide groups is 2. The Hall–Kier alpha value is -2.78. The van der Waals surface area contributed by atoms with E-state index < -0.39 is 29.8 Å². The van der Waals surface area contributed by atoms with E-state index in [4.69, 9.17) is 11.1 Å². The summed E-state index contributed by atoms with van der Waals surface area (Å²) in [6.45, 7) is 0. The van der Waals surface area contributed by atoms with Crippen LogP contribution < -0.4 is 0 Å². The average Bonchev–Trinajstić information content (AvgIpc) is 2.45. The van der Waals surface area contributed by atoms with Crippen LogP contribution >= 0.6 is 0 Å². The molecule has 12 heteroatoms. The van der Waals surface area contributed by atoms with Gasteiger partial charge in [-0.3, -0.25) is 0 Å². The molecular weight excluding hydrogens is 332 g/mol. The summed E-state index contributed by atoms with van der Waals surface area (Å²) in [6, 6.07) is 8.34. The quantitative estimate of drug-likeness (QED) is 0.475. The molecule has 0 heterocycles. The lowest BCUT2D eigenvalue weighted by Crippen LogP contribution is -2.06. The van der Waals surface area contributed by atoms with Crippen LogP contribution in [0.4, 0.5) is 0 Å².